The van der Waals surface area contributed by atoms with Crippen molar-refractivity contribution < 1.29 is 195 Å². The average Bonchev–Trinajstić information content (AvgIpc) is 3.93. The van der Waals surface area contributed by atoms with Gasteiger partial charge in [0.2, 0.25) is 0 Å². The van der Waals surface area contributed by atoms with Crippen molar-refractivity contribution in [2.45, 2.75) is 49.6 Å². The molecule has 0 radical (unpaired) electrons. The first kappa shape index (κ1) is 55.1. The van der Waals surface area contributed by atoms with Crippen molar-refractivity contribution in [3.63, 3.8) is 0 Å². The maximum Gasteiger partial charge on any atom is 1.00 e. The van der Waals surface area contributed by atoms with Crippen LogP contribution in [0.25, 0.3) is 22.3 Å². The van der Waals surface area contributed by atoms with Crippen molar-refractivity contribution in [1.82, 2.24) is 10.2 Å². The number of ether oxygens (including phenoxy) is 2. The number of benzene rings is 4. The summed E-state index contributed by atoms with van der Waals surface area (Å²) in [6.45, 7) is 3.15. The number of carbonyl (C=O) groups is 1. The molecule has 4 atom stereocenters. The molecule has 15 nitrogen and oxygen atoms in total. The van der Waals surface area contributed by atoms with Crippen LogP contribution in [0.4, 0.5) is 11.4 Å². The fourth-order valence-corrected chi connectivity index (χ4v) is 6.59. The number of rotatable bonds is 12. The van der Waals surface area contributed by atoms with E-state index in [1.807, 2.05) is 48.5 Å². The van der Waals surface area contributed by atoms with Gasteiger partial charge in [-0.3, -0.25) is 9.69 Å². The third kappa shape index (κ3) is 18.5. The van der Waals surface area contributed by atoms with E-state index in [0.29, 0.717) is 18.4 Å². The average molecular weight is 1100 g/mol. The van der Waals surface area contributed by atoms with Crippen molar-refractivity contribution in [1.29, 1.82) is 0 Å². The van der Waals surface area contributed by atoms with Gasteiger partial charge in [-0.15, -0.1) is 0 Å². The molecule has 0 aromatic heterocycles. The maximum absolute atomic E-state index is 11.2. The number of nitrogens with zero attached hydrogens (tertiary/aromatic N) is 1. The molecule has 7 N–H and O–H groups in total. The minimum absolute atomic E-state index is 0. The van der Waals surface area contributed by atoms with E-state index in [-0.39, 0.29) is 170 Å². The summed E-state index contributed by atoms with van der Waals surface area (Å²) in [5.74, 6) is 1.44. The van der Waals surface area contributed by atoms with Crippen molar-refractivity contribution in [2.75, 3.05) is 40.5 Å². The number of hydrogen-bond donors (Lipinski definition) is 7. The van der Waals surface area contributed by atoms with Crippen molar-refractivity contribution in [3.8, 4) is 33.8 Å². The molecule has 6 rings (SSSR count). The van der Waals surface area contributed by atoms with Crippen LogP contribution < -0.4 is 168 Å². The van der Waals surface area contributed by atoms with Crippen molar-refractivity contribution >= 4 is 33.8 Å². The minimum Gasteiger partial charge on any atom is -1.00 e. The van der Waals surface area contributed by atoms with E-state index in [2.05, 4.69) is 31.0 Å². The molecule has 2 aliphatic heterocycles. The molecule has 2 unspecified atom stereocenters. The Morgan fingerprint density at radius 3 is 1.75 bits per heavy atom. The molecule has 4 aromatic rings. The number of aliphatic hydroxyl groups excluding tert-OH is 2. The fourth-order valence-electron chi connectivity index (χ4n) is 6.24. The first-order valence-corrected chi connectivity index (χ1v) is 18.7. The van der Waals surface area contributed by atoms with Crippen LogP contribution in [0.1, 0.15) is 38.2 Å². The summed E-state index contributed by atoms with van der Waals surface area (Å²) in [6.07, 6.45) is 4.51. The van der Waals surface area contributed by atoms with Gasteiger partial charge in [0.15, 0.2) is 11.4 Å². The summed E-state index contributed by atoms with van der Waals surface area (Å²) in [6, 6.07) is 26.2. The Kier molecular flexibility index (Phi) is 30.0. The second kappa shape index (κ2) is 31.0. The normalized spacial score (nSPS) is 16.7. The van der Waals surface area contributed by atoms with Crippen LogP contribution in [-0.2, 0) is 21.6 Å². The molecule has 0 spiro atoms. The zero-order chi connectivity index (χ0) is 40.2. The van der Waals surface area contributed by atoms with Crippen LogP contribution in [0, 0.1) is 10.4 Å². The number of carbonyl (C=O) groups excluding carboxylic acids is 1. The molecular formula is C39H51BrCs2N4O11. The number of nitrogens with one attached hydrogen (secondary N) is 3. The number of halogens is 1. The van der Waals surface area contributed by atoms with Gasteiger partial charge in [0, 0.05) is 59.4 Å². The first-order chi connectivity index (χ1) is 26.6. The summed E-state index contributed by atoms with van der Waals surface area (Å²) in [5.41, 5.74) is 6.17. The predicted octanol–water partition coefficient (Wildman–Crippen LogP) is -3.33. The van der Waals surface area contributed by atoms with Gasteiger partial charge < -0.3 is 47.0 Å². The summed E-state index contributed by atoms with van der Waals surface area (Å²) >= 11 is 3.41. The summed E-state index contributed by atoms with van der Waals surface area (Å²) in [4.78, 5) is 13.5. The fraction of sp³-hybridized carbons (Fsp3) is 0.359. The van der Waals surface area contributed by atoms with Crippen molar-refractivity contribution in [2.24, 2.45) is 0 Å². The summed E-state index contributed by atoms with van der Waals surface area (Å²) in [5, 5.41) is 69.0. The van der Waals surface area contributed by atoms with Gasteiger partial charge in [0.25, 0.3) is 6.47 Å². The Balaban J connectivity index is 0.000000869. The van der Waals surface area contributed by atoms with E-state index in [4.69, 9.17) is 29.8 Å². The number of alkyl halides is 1. The Morgan fingerprint density at radius 2 is 1.35 bits per heavy atom. The second-order valence-corrected chi connectivity index (χ2v) is 13.2. The van der Waals surface area contributed by atoms with Crippen LogP contribution in [0.15, 0.2) is 84.9 Å². The van der Waals surface area contributed by atoms with Gasteiger partial charge in [-0.05, 0) is 85.3 Å². The van der Waals surface area contributed by atoms with E-state index in [1.165, 1.54) is 6.42 Å². The molecule has 4 aromatic carbocycles. The minimum atomic E-state index is -0.945. The summed E-state index contributed by atoms with van der Waals surface area (Å²) < 4.78 is 10.8. The third-order valence-corrected chi connectivity index (χ3v) is 9.69. The van der Waals surface area contributed by atoms with E-state index >= 15 is 0 Å². The van der Waals surface area contributed by atoms with Crippen LogP contribution in [0.2, 0.25) is 0 Å². The molecule has 57 heavy (non-hydrogen) atoms. The molecule has 2 heterocycles. The van der Waals surface area contributed by atoms with E-state index in [0.717, 1.165) is 83.4 Å². The van der Waals surface area contributed by atoms with Crippen LogP contribution in [0.5, 0.6) is 11.5 Å². The van der Waals surface area contributed by atoms with Gasteiger partial charge in [-0.2, -0.15) is 10.5 Å². The maximum atomic E-state index is 11.2. The van der Waals surface area contributed by atoms with Gasteiger partial charge in [-0.1, -0.05) is 52.3 Å². The number of likely N-dealkylation sites (tertiary alicyclic amines) is 1. The Morgan fingerprint density at radius 1 is 0.825 bits per heavy atom. The van der Waals surface area contributed by atoms with Gasteiger partial charge in [-0.25, -0.2) is 10.4 Å². The number of methoxy groups -OCH3 is 2. The number of quaternary nitrogens is 2. The van der Waals surface area contributed by atoms with E-state index < -0.39 is 10.5 Å². The quantitative estimate of drug-likeness (QED) is 0.0320. The molecule has 0 aliphatic carbocycles. The predicted molar refractivity (Wildman–Crippen MR) is 208 cm³/mol. The van der Waals surface area contributed by atoms with Gasteiger partial charge in [0.05, 0.1) is 27.4 Å². The third-order valence-electron chi connectivity index (χ3n) is 9.04. The molecule has 2 fully saturated rings. The molecule has 18 heteroatoms. The number of hydrogen-bond acceptors (Lipinski definition) is 13. The Bertz CT molecular complexity index is 1750. The molecule has 2 saturated heterocycles. The van der Waals surface area contributed by atoms with Crippen molar-refractivity contribution in [3.05, 3.63) is 106 Å². The SMILES string of the molecule is COc1ccc(CBr)cc1-c1cccc([NH+]([O-])O)c1.COc1ccc(CN2CCC[C@@H]2CO)cc1-c1cccc([NH+]([O-])O)c1.O=CO[O-].OC[C@H]1CCCN1.[Cs+].[Cs+].[H-]. The molecule has 0 amide bonds. The zero-order valence-corrected chi connectivity index (χ0v) is 47.0. The van der Waals surface area contributed by atoms with Gasteiger partial charge in [0.1, 0.15) is 11.5 Å². The van der Waals surface area contributed by atoms with Crippen LogP contribution >= 0.6 is 15.9 Å². The largest absolute Gasteiger partial charge is 1.00 e. The Hall–Kier alpha value is 0.0939. The van der Waals surface area contributed by atoms with Crippen LogP contribution in [-0.4, -0.2) is 84.6 Å². The smallest absolute Gasteiger partial charge is 1.00 e. The monoisotopic (exact) mass is 1100 g/mol. The summed E-state index contributed by atoms with van der Waals surface area (Å²) in [7, 11) is 3.22. The Labute approximate surface area is 461 Å². The molecule has 2 aliphatic rings. The van der Waals surface area contributed by atoms with E-state index in [1.54, 1.807) is 50.6 Å². The number of aliphatic hydroxyl groups is 2. The first-order valence-electron chi connectivity index (χ1n) is 17.6. The zero-order valence-electron chi connectivity index (χ0n) is 33.9. The van der Waals surface area contributed by atoms with Gasteiger partial charge >= 0.3 is 138 Å². The molecule has 0 bridgehead atoms. The van der Waals surface area contributed by atoms with Crippen LogP contribution in [0.3, 0.4) is 0 Å². The standard InChI is InChI=1S/C19H24N2O4.C14H14BrNO3.C5H11NO.CH2O3.2Cs.H/c1-25-19-8-7-14(12-20-9-3-6-17(20)13-22)10-18(19)15-4-2-5-16(11-15)21(23)24;1-19-14-6-5-10(9-15)7-13(14)11-3-2-4-12(8-11)16(17)18;7-4-5-2-1-3-6-5;2-1-4-3;;;/h2,4-5,7-8,10-11,17,21-23H,3,6,9,12-13H2,1H3;2-8,16-17H,9H2,1H3;5-7H,1-4H2;1,3H;;;/q;;;;2*+1;-1/p-1/t17-;;5-;;;;/m1.1..../s1. The second-order valence-electron chi connectivity index (χ2n) is 12.6. The van der Waals surface area contributed by atoms with E-state index in [9.17, 15) is 20.7 Å². The molecule has 302 valence electrons. The molecular weight excluding hydrogens is 1050 g/mol. The molecule has 0 saturated carbocycles. The topological polar surface area (TPSA) is 219 Å².